The van der Waals surface area contributed by atoms with Crippen molar-refractivity contribution in [2.75, 3.05) is 18.5 Å². The number of rotatable bonds is 9. The number of carbonyl (C=O) groups is 3. The lowest BCUT2D eigenvalue weighted by molar-refractivity contribution is 0.0506. The largest absolute Gasteiger partial charge is 0.462 e. The Bertz CT molecular complexity index is 1460. The van der Waals surface area contributed by atoms with Gasteiger partial charge in [0.2, 0.25) is 0 Å². The number of amides is 1. The van der Waals surface area contributed by atoms with Crippen molar-refractivity contribution in [3.05, 3.63) is 87.9 Å². The maximum Gasteiger partial charge on any atom is 0.348 e. The van der Waals surface area contributed by atoms with E-state index in [1.54, 1.807) is 18.5 Å². The number of anilines is 1. The van der Waals surface area contributed by atoms with Gasteiger partial charge in [-0.1, -0.05) is 55.5 Å². The highest BCUT2D eigenvalue weighted by Gasteiger charge is 2.30. The summed E-state index contributed by atoms with van der Waals surface area (Å²) in [5.74, 6) is -1.62. The van der Waals surface area contributed by atoms with E-state index in [9.17, 15) is 14.4 Å². The molecular formula is C29H29N3O5S. The molecular weight excluding hydrogens is 502 g/mol. The highest BCUT2D eigenvalue weighted by Crippen LogP contribution is 2.36. The van der Waals surface area contributed by atoms with E-state index in [0.29, 0.717) is 28.9 Å². The number of benzene rings is 2. The summed E-state index contributed by atoms with van der Waals surface area (Å²) >= 11 is 0.995. The van der Waals surface area contributed by atoms with Crippen LogP contribution >= 0.6 is 11.3 Å². The van der Waals surface area contributed by atoms with Crippen molar-refractivity contribution in [2.45, 2.75) is 34.1 Å². The minimum atomic E-state index is -0.605. The Kier molecular flexibility index (Phi) is 8.38. The summed E-state index contributed by atoms with van der Waals surface area (Å²) < 4.78 is 12.3. The predicted octanol–water partition coefficient (Wildman–Crippen LogP) is 6.21. The van der Waals surface area contributed by atoms with E-state index in [1.807, 2.05) is 74.5 Å². The Morgan fingerprint density at radius 1 is 0.895 bits per heavy atom. The van der Waals surface area contributed by atoms with Gasteiger partial charge in [0.1, 0.15) is 15.6 Å². The molecule has 0 aliphatic carbocycles. The van der Waals surface area contributed by atoms with Crippen molar-refractivity contribution in [1.82, 2.24) is 9.78 Å². The summed E-state index contributed by atoms with van der Waals surface area (Å²) in [5, 5.41) is 7.88. The maximum atomic E-state index is 13.9. The fourth-order valence-corrected chi connectivity index (χ4v) is 5.15. The minimum absolute atomic E-state index is 0.147. The van der Waals surface area contributed by atoms with Crippen LogP contribution in [0.25, 0.3) is 16.9 Å². The Balaban J connectivity index is 1.81. The normalized spacial score (nSPS) is 10.7. The maximum absolute atomic E-state index is 13.9. The number of nitrogens with zero attached hydrogens (tertiary/aromatic N) is 2. The van der Waals surface area contributed by atoms with Gasteiger partial charge in [0.25, 0.3) is 5.91 Å². The van der Waals surface area contributed by atoms with E-state index in [0.717, 1.165) is 22.6 Å². The van der Waals surface area contributed by atoms with Crippen LogP contribution in [0.1, 0.15) is 61.9 Å². The fraction of sp³-hybridized carbons (Fsp3) is 0.241. The average Bonchev–Trinajstić information content (AvgIpc) is 3.45. The lowest BCUT2D eigenvalue weighted by atomic mass is 10.1. The molecule has 2 aromatic heterocycles. The second kappa shape index (κ2) is 11.9. The SMILES string of the molecule is CCCOC(=O)c1c(NC(=O)c2c(-c3ccccc3)nn(-c3ccccc3)c2C)sc(C(=O)OCC)c1C. The van der Waals surface area contributed by atoms with Gasteiger partial charge in [0, 0.05) is 5.56 Å². The van der Waals surface area contributed by atoms with Gasteiger partial charge in [-0.3, -0.25) is 4.79 Å². The van der Waals surface area contributed by atoms with E-state index in [2.05, 4.69) is 5.32 Å². The molecule has 38 heavy (non-hydrogen) atoms. The van der Waals surface area contributed by atoms with Crippen LogP contribution in [-0.4, -0.2) is 40.8 Å². The number of thiophene rings is 1. The summed E-state index contributed by atoms with van der Waals surface area (Å²) in [4.78, 5) is 39.6. The first-order valence-corrected chi connectivity index (χ1v) is 13.2. The van der Waals surface area contributed by atoms with Gasteiger partial charge in [-0.05, 0) is 44.9 Å². The van der Waals surface area contributed by atoms with Gasteiger partial charge in [0.05, 0.1) is 35.7 Å². The first-order chi connectivity index (χ1) is 18.4. The van der Waals surface area contributed by atoms with E-state index >= 15 is 0 Å². The number of esters is 2. The van der Waals surface area contributed by atoms with E-state index in [4.69, 9.17) is 14.6 Å². The Hall–Kier alpha value is -4.24. The molecule has 4 rings (SSSR count). The van der Waals surface area contributed by atoms with Gasteiger partial charge in [-0.25, -0.2) is 14.3 Å². The zero-order valence-corrected chi connectivity index (χ0v) is 22.6. The number of hydrogen-bond donors (Lipinski definition) is 1. The Labute approximate surface area is 225 Å². The lowest BCUT2D eigenvalue weighted by Gasteiger charge is -2.09. The van der Waals surface area contributed by atoms with Crippen LogP contribution in [0.5, 0.6) is 0 Å². The minimum Gasteiger partial charge on any atom is -0.462 e. The first kappa shape index (κ1) is 26.8. The molecule has 0 spiro atoms. The van der Waals surface area contributed by atoms with Crippen molar-refractivity contribution in [3.8, 4) is 16.9 Å². The van der Waals surface area contributed by atoms with Crippen molar-refractivity contribution >= 4 is 34.2 Å². The second-order valence-electron chi connectivity index (χ2n) is 8.49. The molecule has 0 unspecified atom stereocenters. The van der Waals surface area contributed by atoms with Crippen molar-refractivity contribution < 1.29 is 23.9 Å². The third kappa shape index (κ3) is 5.38. The molecule has 1 N–H and O–H groups in total. The molecule has 2 aromatic carbocycles. The van der Waals surface area contributed by atoms with Gasteiger partial charge in [-0.15, -0.1) is 11.3 Å². The van der Waals surface area contributed by atoms with E-state index in [1.165, 1.54) is 0 Å². The van der Waals surface area contributed by atoms with Crippen LogP contribution < -0.4 is 5.32 Å². The van der Waals surface area contributed by atoms with Crippen LogP contribution in [0.3, 0.4) is 0 Å². The van der Waals surface area contributed by atoms with Crippen molar-refractivity contribution in [1.29, 1.82) is 0 Å². The standard InChI is InChI=1S/C29H29N3O5S/c1-5-17-37-28(34)22-18(3)25(29(35)36-6-2)38-27(22)30-26(33)23-19(4)32(21-15-11-8-12-16-21)31-24(23)20-13-9-7-10-14-20/h7-16H,5-6,17H2,1-4H3,(H,30,33). The fourth-order valence-electron chi connectivity index (χ4n) is 4.06. The summed E-state index contributed by atoms with van der Waals surface area (Å²) in [6.07, 6.45) is 0.639. The molecule has 196 valence electrons. The summed E-state index contributed by atoms with van der Waals surface area (Å²) in [6, 6.07) is 18.9. The van der Waals surface area contributed by atoms with E-state index in [-0.39, 0.29) is 28.7 Å². The van der Waals surface area contributed by atoms with Crippen LogP contribution in [0.2, 0.25) is 0 Å². The quantitative estimate of drug-likeness (QED) is 0.258. The van der Waals surface area contributed by atoms with Gasteiger partial charge >= 0.3 is 11.9 Å². The molecule has 0 saturated heterocycles. The molecule has 0 radical (unpaired) electrons. The monoisotopic (exact) mass is 531 g/mol. The van der Waals surface area contributed by atoms with Crippen LogP contribution in [0.4, 0.5) is 5.00 Å². The Morgan fingerprint density at radius 3 is 2.18 bits per heavy atom. The highest BCUT2D eigenvalue weighted by molar-refractivity contribution is 7.18. The molecule has 4 aromatic rings. The third-order valence-corrected chi connectivity index (χ3v) is 7.05. The molecule has 8 nitrogen and oxygen atoms in total. The summed E-state index contributed by atoms with van der Waals surface area (Å²) in [6.45, 7) is 7.47. The lowest BCUT2D eigenvalue weighted by Crippen LogP contribution is -2.16. The zero-order chi connectivity index (χ0) is 27.2. The van der Waals surface area contributed by atoms with Gasteiger partial charge < -0.3 is 14.8 Å². The molecule has 0 fully saturated rings. The molecule has 0 saturated carbocycles. The average molecular weight is 532 g/mol. The molecule has 0 atom stereocenters. The second-order valence-corrected chi connectivity index (χ2v) is 9.51. The molecule has 0 bridgehead atoms. The Morgan fingerprint density at radius 2 is 1.55 bits per heavy atom. The summed E-state index contributed by atoms with van der Waals surface area (Å²) in [7, 11) is 0. The number of aromatic nitrogens is 2. The number of para-hydroxylation sites is 1. The van der Waals surface area contributed by atoms with Crippen LogP contribution in [-0.2, 0) is 9.47 Å². The van der Waals surface area contributed by atoms with Gasteiger partial charge in [0.15, 0.2) is 0 Å². The van der Waals surface area contributed by atoms with Crippen molar-refractivity contribution in [3.63, 3.8) is 0 Å². The number of hydrogen-bond acceptors (Lipinski definition) is 7. The number of nitrogens with one attached hydrogen (secondary N) is 1. The van der Waals surface area contributed by atoms with Crippen LogP contribution in [0, 0.1) is 13.8 Å². The smallest absolute Gasteiger partial charge is 0.348 e. The van der Waals surface area contributed by atoms with Crippen LogP contribution in [0.15, 0.2) is 60.7 Å². The number of carbonyl (C=O) groups excluding carboxylic acids is 3. The predicted molar refractivity (Wildman–Crippen MR) is 147 cm³/mol. The molecule has 0 aliphatic rings. The molecule has 9 heteroatoms. The molecule has 0 aliphatic heterocycles. The topological polar surface area (TPSA) is 99.5 Å². The van der Waals surface area contributed by atoms with Gasteiger partial charge in [-0.2, -0.15) is 5.10 Å². The summed E-state index contributed by atoms with van der Waals surface area (Å²) in [5.41, 5.74) is 3.62. The number of ether oxygens (including phenoxy) is 2. The molecule has 2 heterocycles. The van der Waals surface area contributed by atoms with E-state index < -0.39 is 17.8 Å². The third-order valence-electron chi connectivity index (χ3n) is 5.87. The van der Waals surface area contributed by atoms with Crippen molar-refractivity contribution in [2.24, 2.45) is 0 Å². The zero-order valence-electron chi connectivity index (χ0n) is 21.7. The first-order valence-electron chi connectivity index (χ1n) is 12.4. The molecule has 1 amide bonds. The highest BCUT2D eigenvalue weighted by atomic mass is 32.1.